The number of nitrogens with two attached hydrogens (primary N) is 1. The van der Waals surface area contributed by atoms with Gasteiger partial charge in [-0.2, -0.15) is 0 Å². The summed E-state index contributed by atoms with van der Waals surface area (Å²) < 4.78 is 25.5. The van der Waals surface area contributed by atoms with Gasteiger partial charge < -0.3 is 5.73 Å². The molecule has 4 heteroatoms. The van der Waals surface area contributed by atoms with Crippen molar-refractivity contribution in [2.45, 2.75) is 25.8 Å². The molecule has 0 aliphatic carbocycles. The number of rotatable bonds is 2. The fourth-order valence-electron chi connectivity index (χ4n) is 1.08. The van der Waals surface area contributed by atoms with Gasteiger partial charge in [0.1, 0.15) is 0 Å². The highest BCUT2D eigenvalue weighted by Gasteiger charge is 2.23. The number of hydrogen-bond acceptors (Lipinski definition) is 1. The molecule has 0 aliphatic rings. The van der Waals surface area contributed by atoms with E-state index in [1.165, 1.54) is 12.1 Å². The third-order valence-corrected chi connectivity index (χ3v) is 1.94. The van der Waals surface area contributed by atoms with Gasteiger partial charge >= 0.3 is 0 Å². The van der Waals surface area contributed by atoms with Crippen molar-refractivity contribution in [1.29, 1.82) is 0 Å². The summed E-state index contributed by atoms with van der Waals surface area (Å²) in [5.41, 5.74) is 6.48. The number of benzene rings is 1. The molecule has 0 aliphatic heterocycles. The molecule has 1 nitrogen and oxygen atoms in total. The van der Waals surface area contributed by atoms with Crippen LogP contribution < -0.4 is 5.73 Å². The van der Waals surface area contributed by atoms with Crippen molar-refractivity contribution < 1.29 is 8.78 Å². The summed E-state index contributed by atoms with van der Waals surface area (Å²) in [5, 5.41) is 0. The maximum absolute atomic E-state index is 12.8. The third-order valence-electron chi connectivity index (χ3n) is 1.94. The predicted octanol–water partition coefficient (Wildman–Crippen LogP) is 3.24. The Morgan fingerprint density at radius 1 is 1.21 bits per heavy atom. The van der Waals surface area contributed by atoms with Gasteiger partial charge in [-0.3, -0.25) is 0 Å². The van der Waals surface area contributed by atoms with Gasteiger partial charge in [0.25, 0.3) is 5.92 Å². The number of hydrogen-bond donors (Lipinski definition) is 1. The molecule has 0 saturated carbocycles. The Bertz CT molecular complexity index is 277. The number of alkyl halides is 2. The van der Waals surface area contributed by atoms with Crippen LogP contribution in [0, 0.1) is 0 Å². The van der Waals surface area contributed by atoms with Crippen molar-refractivity contribution in [2.75, 3.05) is 0 Å². The Kier molecular flexibility index (Phi) is 4.49. The Hall–Kier alpha value is -0.670. The summed E-state index contributed by atoms with van der Waals surface area (Å²) in [6.45, 7) is 2.70. The largest absolute Gasteiger partial charge is 0.324 e. The molecule has 0 fully saturated rings. The van der Waals surface area contributed by atoms with Crippen LogP contribution in [0.25, 0.3) is 0 Å². The fraction of sp³-hybridized carbons (Fsp3) is 0.400. The van der Waals surface area contributed by atoms with Crippen molar-refractivity contribution in [2.24, 2.45) is 5.73 Å². The molecule has 0 aromatic heterocycles. The van der Waals surface area contributed by atoms with E-state index in [0.29, 0.717) is 0 Å². The molecular weight excluding hydrogens is 208 g/mol. The van der Waals surface area contributed by atoms with Crippen molar-refractivity contribution in [3.63, 3.8) is 0 Å². The fourth-order valence-corrected chi connectivity index (χ4v) is 1.08. The van der Waals surface area contributed by atoms with Gasteiger partial charge in [0.15, 0.2) is 0 Å². The highest BCUT2D eigenvalue weighted by Crippen LogP contribution is 2.27. The molecule has 0 amide bonds. The summed E-state index contributed by atoms with van der Waals surface area (Å²) in [5.74, 6) is -2.77. The van der Waals surface area contributed by atoms with E-state index in [1.807, 2.05) is 6.92 Å². The molecule has 2 N–H and O–H groups in total. The minimum atomic E-state index is -2.77. The first-order valence-corrected chi connectivity index (χ1v) is 4.15. The van der Waals surface area contributed by atoms with Crippen LogP contribution in [0.2, 0.25) is 0 Å². The molecule has 1 aromatic rings. The van der Waals surface area contributed by atoms with Gasteiger partial charge in [0.2, 0.25) is 0 Å². The van der Waals surface area contributed by atoms with Gasteiger partial charge in [0.05, 0.1) is 0 Å². The monoisotopic (exact) mass is 221 g/mol. The maximum Gasteiger partial charge on any atom is 0.270 e. The van der Waals surface area contributed by atoms with Crippen LogP contribution in [0.4, 0.5) is 8.78 Å². The van der Waals surface area contributed by atoms with E-state index in [1.54, 1.807) is 12.1 Å². The molecule has 0 heterocycles. The standard InChI is InChI=1S/C10H13F2N.ClH/c1-7(13)8-3-5-9(6-4-8)10(2,11)12;/h3-7H,13H2,1-2H3;1H. The first-order valence-electron chi connectivity index (χ1n) is 4.15. The minimum Gasteiger partial charge on any atom is -0.324 e. The van der Waals surface area contributed by atoms with E-state index in [0.717, 1.165) is 12.5 Å². The lowest BCUT2D eigenvalue weighted by Crippen LogP contribution is -2.09. The normalized spacial score (nSPS) is 13.2. The van der Waals surface area contributed by atoms with Gasteiger partial charge in [-0.15, -0.1) is 12.4 Å². The second-order valence-electron chi connectivity index (χ2n) is 3.30. The number of halogens is 3. The second-order valence-corrected chi connectivity index (χ2v) is 3.30. The SMILES string of the molecule is CC(N)c1ccc(C(C)(F)F)cc1.Cl. The van der Waals surface area contributed by atoms with Gasteiger partial charge in [-0.25, -0.2) is 8.78 Å². The molecule has 0 radical (unpaired) electrons. The molecular formula is C10H14ClF2N. The Labute approximate surface area is 88.7 Å². The lowest BCUT2D eigenvalue weighted by Gasteiger charge is -2.12. The summed E-state index contributed by atoms with van der Waals surface area (Å²) in [6.07, 6.45) is 0. The Balaban J connectivity index is 0.00000169. The maximum atomic E-state index is 12.8. The third kappa shape index (κ3) is 3.24. The average molecular weight is 222 g/mol. The smallest absolute Gasteiger partial charge is 0.270 e. The van der Waals surface area contributed by atoms with Gasteiger partial charge in [-0.05, 0) is 12.5 Å². The molecule has 14 heavy (non-hydrogen) atoms. The van der Waals surface area contributed by atoms with Crippen molar-refractivity contribution in [1.82, 2.24) is 0 Å². The second kappa shape index (κ2) is 4.71. The van der Waals surface area contributed by atoms with Crippen LogP contribution in [0.1, 0.15) is 31.0 Å². The average Bonchev–Trinajstić information content (AvgIpc) is 2.03. The molecule has 80 valence electrons. The highest BCUT2D eigenvalue weighted by molar-refractivity contribution is 5.85. The van der Waals surface area contributed by atoms with E-state index in [2.05, 4.69) is 0 Å². The molecule has 1 rings (SSSR count). The molecule has 1 atom stereocenters. The quantitative estimate of drug-likeness (QED) is 0.815. The zero-order valence-corrected chi connectivity index (χ0v) is 8.94. The first kappa shape index (κ1) is 13.3. The van der Waals surface area contributed by atoms with Crippen LogP contribution in [-0.2, 0) is 5.92 Å². The Morgan fingerprint density at radius 2 is 1.64 bits per heavy atom. The lowest BCUT2D eigenvalue weighted by molar-refractivity contribution is 0.0174. The first-order chi connectivity index (χ1) is 5.91. The van der Waals surface area contributed by atoms with Crippen molar-refractivity contribution >= 4 is 12.4 Å². The van der Waals surface area contributed by atoms with E-state index >= 15 is 0 Å². The van der Waals surface area contributed by atoms with Gasteiger partial charge in [0, 0.05) is 18.5 Å². The highest BCUT2D eigenvalue weighted by atomic mass is 35.5. The van der Waals surface area contributed by atoms with Crippen LogP contribution in [0.3, 0.4) is 0 Å². The van der Waals surface area contributed by atoms with E-state index in [-0.39, 0.29) is 24.0 Å². The Morgan fingerprint density at radius 3 is 1.93 bits per heavy atom. The predicted molar refractivity (Wildman–Crippen MR) is 55.9 cm³/mol. The minimum absolute atomic E-state index is 0. The summed E-state index contributed by atoms with van der Waals surface area (Å²) in [7, 11) is 0. The molecule has 1 unspecified atom stereocenters. The van der Waals surface area contributed by atoms with E-state index in [9.17, 15) is 8.78 Å². The van der Waals surface area contributed by atoms with Gasteiger partial charge in [-0.1, -0.05) is 24.3 Å². The summed E-state index contributed by atoms with van der Waals surface area (Å²) in [6, 6.07) is 5.99. The molecule has 1 aromatic carbocycles. The zero-order valence-electron chi connectivity index (χ0n) is 8.13. The molecule has 0 bridgehead atoms. The zero-order chi connectivity index (χ0) is 10.1. The van der Waals surface area contributed by atoms with Crippen LogP contribution in [-0.4, -0.2) is 0 Å². The van der Waals surface area contributed by atoms with Crippen LogP contribution >= 0.6 is 12.4 Å². The van der Waals surface area contributed by atoms with Crippen molar-refractivity contribution in [3.05, 3.63) is 35.4 Å². The molecule has 0 saturated heterocycles. The van der Waals surface area contributed by atoms with E-state index in [4.69, 9.17) is 5.73 Å². The lowest BCUT2D eigenvalue weighted by atomic mass is 10.0. The molecule has 0 spiro atoms. The van der Waals surface area contributed by atoms with Crippen LogP contribution in [0.15, 0.2) is 24.3 Å². The van der Waals surface area contributed by atoms with Crippen molar-refractivity contribution in [3.8, 4) is 0 Å². The topological polar surface area (TPSA) is 26.0 Å². The van der Waals surface area contributed by atoms with Crippen LogP contribution in [0.5, 0.6) is 0 Å². The summed E-state index contributed by atoms with van der Waals surface area (Å²) >= 11 is 0. The summed E-state index contributed by atoms with van der Waals surface area (Å²) in [4.78, 5) is 0. The van der Waals surface area contributed by atoms with E-state index < -0.39 is 5.92 Å².